The summed E-state index contributed by atoms with van der Waals surface area (Å²) in [5.74, 6) is 1.42. The van der Waals surface area contributed by atoms with E-state index in [2.05, 4.69) is 56.0 Å². The average molecular weight is 274 g/mol. The van der Waals surface area contributed by atoms with Crippen molar-refractivity contribution in [2.24, 2.45) is 17.6 Å². The van der Waals surface area contributed by atoms with Gasteiger partial charge in [-0.25, -0.2) is 0 Å². The molecule has 1 heterocycles. The normalized spacial score (nSPS) is 25.9. The van der Waals surface area contributed by atoms with Gasteiger partial charge in [-0.05, 0) is 43.2 Å². The molecule has 0 amide bonds. The smallest absolute Gasteiger partial charge is 0.0354 e. The highest BCUT2D eigenvalue weighted by molar-refractivity contribution is 5.19. The van der Waals surface area contributed by atoms with E-state index in [0.717, 1.165) is 6.54 Å². The van der Waals surface area contributed by atoms with Crippen LogP contribution in [0.15, 0.2) is 30.3 Å². The van der Waals surface area contributed by atoms with Gasteiger partial charge < -0.3 is 5.73 Å². The number of benzene rings is 1. The second-order valence-electron chi connectivity index (χ2n) is 6.72. The summed E-state index contributed by atoms with van der Waals surface area (Å²) in [6.07, 6.45) is 3.84. The SMILES string of the molecule is CC(C)CC(c1ccccc1)N1CCCC(C)C1CN. The fourth-order valence-corrected chi connectivity index (χ4v) is 3.62. The van der Waals surface area contributed by atoms with Crippen molar-refractivity contribution in [3.05, 3.63) is 35.9 Å². The van der Waals surface area contributed by atoms with Crippen LogP contribution < -0.4 is 5.73 Å². The van der Waals surface area contributed by atoms with Gasteiger partial charge in [0, 0.05) is 18.6 Å². The molecule has 1 aliphatic heterocycles. The van der Waals surface area contributed by atoms with E-state index in [-0.39, 0.29) is 0 Å². The Labute approximate surface area is 124 Å². The van der Waals surface area contributed by atoms with Crippen molar-refractivity contribution in [1.29, 1.82) is 0 Å². The van der Waals surface area contributed by atoms with E-state index in [0.29, 0.717) is 23.9 Å². The molecule has 1 saturated heterocycles. The molecule has 1 aromatic rings. The Kier molecular flexibility index (Phi) is 5.62. The summed E-state index contributed by atoms with van der Waals surface area (Å²) >= 11 is 0. The maximum absolute atomic E-state index is 6.09. The number of likely N-dealkylation sites (tertiary alicyclic amines) is 1. The van der Waals surface area contributed by atoms with Crippen molar-refractivity contribution < 1.29 is 0 Å². The molecular formula is C18H30N2. The predicted molar refractivity (Wildman–Crippen MR) is 86.6 cm³/mol. The molecule has 20 heavy (non-hydrogen) atoms. The van der Waals surface area contributed by atoms with Gasteiger partial charge in [-0.15, -0.1) is 0 Å². The first-order chi connectivity index (χ1) is 9.63. The van der Waals surface area contributed by atoms with Gasteiger partial charge in [-0.3, -0.25) is 4.90 Å². The van der Waals surface area contributed by atoms with Gasteiger partial charge in [-0.2, -0.15) is 0 Å². The lowest BCUT2D eigenvalue weighted by Crippen LogP contribution is -2.50. The largest absolute Gasteiger partial charge is 0.329 e. The molecule has 2 N–H and O–H groups in total. The van der Waals surface area contributed by atoms with E-state index in [1.807, 2.05) is 0 Å². The standard InChI is InChI=1S/C18H30N2/c1-14(2)12-17(16-9-5-4-6-10-16)20-11-7-8-15(3)18(20)13-19/h4-6,9-10,14-15,17-18H,7-8,11-13,19H2,1-3H3. The molecule has 0 aliphatic carbocycles. The number of piperidine rings is 1. The summed E-state index contributed by atoms with van der Waals surface area (Å²) in [5.41, 5.74) is 7.54. The van der Waals surface area contributed by atoms with E-state index in [4.69, 9.17) is 5.73 Å². The number of nitrogens with two attached hydrogens (primary N) is 1. The van der Waals surface area contributed by atoms with E-state index in [1.54, 1.807) is 0 Å². The molecule has 1 aliphatic rings. The number of nitrogens with zero attached hydrogens (tertiary/aromatic N) is 1. The van der Waals surface area contributed by atoms with E-state index < -0.39 is 0 Å². The van der Waals surface area contributed by atoms with Gasteiger partial charge in [0.05, 0.1) is 0 Å². The van der Waals surface area contributed by atoms with E-state index in [9.17, 15) is 0 Å². The van der Waals surface area contributed by atoms with Crippen LogP contribution in [0, 0.1) is 11.8 Å². The Morgan fingerprint density at radius 1 is 1.25 bits per heavy atom. The molecule has 0 radical (unpaired) electrons. The fourth-order valence-electron chi connectivity index (χ4n) is 3.62. The van der Waals surface area contributed by atoms with Gasteiger partial charge >= 0.3 is 0 Å². The zero-order valence-electron chi connectivity index (χ0n) is 13.3. The molecule has 1 fully saturated rings. The summed E-state index contributed by atoms with van der Waals surface area (Å²) in [6.45, 7) is 8.98. The summed E-state index contributed by atoms with van der Waals surface area (Å²) in [7, 11) is 0. The maximum Gasteiger partial charge on any atom is 0.0354 e. The Morgan fingerprint density at radius 3 is 2.55 bits per heavy atom. The van der Waals surface area contributed by atoms with Gasteiger partial charge in [0.25, 0.3) is 0 Å². The first-order valence-corrected chi connectivity index (χ1v) is 8.14. The van der Waals surface area contributed by atoms with Gasteiger partial charge in [0.15, 0.2) is 0 Å². The molecule has 3 atom stereocenters. The van der Waals surface area contributed by atoms with Gasteiger partial charge in [0.2, 0.25) is 0 Å². The zero-order valence-corrected chi connectivity index (χ0v) is 13.3. The van der Waals surface area contributed by atoms with E-state index in [1.165, 1.54) is 31.4 Å². The summed E-state index contributed by atoms with van der Waals surface area (Å²) < 4.78 is 0. The van der Waals surface area contributed by atoms with Crippen molar-refractivity contribution in [2.75, 3.05) is 13.1 Å². The minimum absolute atomic E-state index is 0.521. The molecule has 112 valence electrons. The lowest BCUT2D eigenvalue weighted by Gasteiger charge is -2.45. The van der Waals surface area contributed by atoms with E-state index >= 15 is 0 Å². The van der Waals surface area contributed by atoms with Crippen LogP contribution in [0.2, 0.25) is 0 Å². The minimum atomic E-state index is 0.521. The zero-order chi connectivity index (χ0) is 14.5. The van der Waals surface area contributed by atoms with Crippen molar-refractivity contribution >= 4 is 0 Å². The lowest BCUT2D eigenvalue weighted by atomic mass is 9.86. The maximum atomic E-state index is 6.09. The quantitative estimate of drug-likeness (QED) is 0.884. The minimum Gasteiger partial charge on any atom is -0.329 e. The van der Waals surface area contributed by atoms with Crippen LogP contribution in [0.3, 0.4) is 0 Å². The molecule has 2 nitrogen and oxygen atoms in total. The third kappa shape index (κ3) is 3.62. The van der Waals surface area contributed by atoms with Crippen molar-refractivity contribution in [2.45, 2.75) is 52.1 Å². The second-order valence-corrected chi connectivity index (χ2v) is 6.72. The highest BCUT2D eigenvalue weighted by Gasteiger charge is 2.33. The van der Waals surface area contributed by atoms with Crippen LogP contribution in [-0.4, -0.2) is 24.0 Å². The topological polar surface area (TPSA) is 29.3 Å². The Hall–Kier alpha value is -0.860. The van der Waals surface area contributed by atoms with Crippen molar-refractivity contribution in [1.82, 2.24) is 4.90 Å². The van der Waals surface area contributed by atoms with Gasteiger partial charge in [-0.1, -0.05) is 51.1 Å². The van der Waals surface area contributed by atoms with Crippen LogP contribution in [0.25, 0.3) is 0 Å². The molecule has 3 unspecified atom stereocenters. The Bertz CT molecular complexity index is 388. The predicted octanol–water partition coefficient (Wildman–Crippen LogP) is 3.83. The van der Waals surface area contributed by atoms with Crippen LogP contribution in [0.1, 0.15) is 51.6 Å². The Morgan fingerprint density at radius 2 is 1.95 bits per heavy atom. The molecular weight excluding hydrogens is 244 g/mol. The first-order valence-electron chi connectivity index (χ1n) is 8.14. The molecule has 0 bridgehead atoms. The van der Waals surface area contributed by atoms with Gasteiger partial charge in [0.1, 0.15) is 0 Å². The molecule has 2 heteroatoms. The second kappa shape index (κ2) is 7.24. The van der Waals surface area contributed by atoms with Crippen LogP contribution >= 0.6 is 0 Å². The van der Waals surface area contributed by atoms with Crippen LogP contribution in [0.5, 0.6) is 0 Å². The van der Waals surface area contributed by atoms with Crippen LogP contribution in [0.4, 0.5) is 0 Å². The summed E-state index contributed by atoms with van der Waals surface area (Å²) in [5, 5.41) is 0. The Balaban J connectivity index is 2.25. The molecule has 2 rings (SSSR count). The number of hydrogen-bond acceptors (Lipinski definition) is 2. The van der Waals surface area contributed by atoms with Crippen molar-refractivity contribution in [3.63, 3.8) is 0 Å². The summed E-state index contributed by atoms with van der Waals surface area (Å²) in [6, 6.07) is 12.0. The highest BCUT2D eigenvalue weighted by Crippen LogP contribution is 2.35. The molecule has 0 spiro atoms. The lowest BCUT2D eigenvalue weighted by molar-refractivity contribution is 0.0520. The highest BCUT2D eigenvalue weighted by atomic mass is 15.2. The number of rotatable bonds is 5. The first kappa shape index (κ1) is 15.5. The third-order valence-corrected chi connectivity index (χ3v) is 4.68. The molecule has 1 aromatic carbocycles. The number of hydrogen-bond donors (Lipinski definition) is 1. The monoisotopic (exact) mass is 274 g/mol. The average Bonchev–Trinajstić information content (AvgIpc) is 2.45. The summed E-state index contributed by atoms with van der Waals surface area (Å²) in [4.78, 5) is 2.68. The molecule has 0 saturated carbocycles. The van der Waals surface area contributed by atoms with Crippen molar-refractivity contribution in [3.8, 4) is 0 Å². The molecule has 0 aromatic heterocycles. The van der Waals surface area contributed by atoms with Crippen LogP contribution in [-0.2, 0) is 0 Å². The fraction of sp³-hybridized carbons (Fsp3) is 0.667. The third-order valence-electron chi connectivity index (χ3n) is 4.68.